The molecule has 0 aromatic carbocycles. The smallest absolute Gasteiger partial charge is 0.274 e. The summed E-state index contributed by atoms with van der Waals surface area (Å²) in [5.74, 6) is 6.11. The molecule has 1 heterocycles. The molecule has 112 valence electrons. The van der Waals surface area contributed by atoms with E-state index in [1.54, 1.807) is 18.1 Å². The van der Waals surface area contributed by atoms with E-state index in [2.05, 4.69) is 22.3 Å². The number of nitrogens with zero attached hydrogens (tertiary/aromatic N) is 3. The Bertz CT molecular complexity index is 461. The summed E-state index contributed by atoms with van der Waals surface area (Å²) in [7, 11) is 1.79. The average molecular weight is 279 g/mol. The number of carbonyl (C=O) groups excluding carboxylic acids is 1. The molecule has 0 aliphatic heterocycles. The lowest BCUT2D eigenvalue weighted by atomic mass is 10.1. The molecule has 0 spiro atoms. The summed E-state index contributed by atoms with van der Waals surface area (Å²) in [6.07, 6.45) is 3.55. The monoisotopic (exact) mass is 279 g/mol. The standard InChI is InChI=1S/C14H25N5O/c1-6-7-10(4)19(5)14(20)12-11(18-15)8-16-13(17-12)9(2)3/h8-10,18H,6-7,15H2,1-5H3. The summed E-state index contributed by atoms with van der Waals surface area (Å²) in [5, 5.41) is 0. The van der Waals surface area contributed by atoms with Crippen LogP contribution in [0, 0.1) is 0 Å². The SMILES string of the molecule is CCCC(C)N(C)C(=O)c1nc(C(C)C)ncc1NN. The van der Waals surface area contributed by atoms with Crippen molar-refractivity contribution in [2.24, 2.45) is 5.84 Å². The van der Waals surface area contributed by atoms with Gasteiger partial charge in [0.05, 0.1) is 11.9 Å². The molecule has 1 atom stereocenters. The van der Waals surface area contributed by atoms with Crippen LogP contribution in [0.1, 0.15) is 62.8 Å². The van der Waals surface area contributed by atoms with Crippen molar-refractivity contribution >= 4 is 11.6 Å². The normalized spacial score (nSPS) is 12.3. The van der Waals surface area contributed by atoms with Crippen molar-refractivity contribution in [2.75, 3.05) is 12.5 Å². The summed E-state index contributed by atoms with van der Waals surface area (Å²) in [6.45, 7) is 8.11. The van der Waals surface area contributed by atoms with Gasteiger partial charge in [0.15, 0.2) is 5.69 Å². The molecule has 1 rings (SSSR count). The number of nitrogens with one attached hydrogen (secondary N) is 1. The maximum absolute atomic E-state index is 12.6. The molecule has 1 amide bonds. The average Bonchev–Trinajstić information content (AvgIpc) is 2.45. The van der Waals surface area contributed by atoms with E-state index in [1.165, 1.54) is 0 Å². The predicted molar refractivity (Wildman–Crippen MR) is 80.4 cm³/mol. The van der Waals surface area contributed by atoms with E-state index in [9.17, 15) is 4.79 Å². The van der Waals surface area contributed by atoms with Crippen LogP contribution < -0.4 is 11.3 Å². The first kappa shape index (κ1) is 16.4. The van der Waals surface area contributed by atoms with Crippen molar-refractivity contribution in [3.05, 3.63) is 17.7 Å². The Morgan fingerprint density at radius 1 is 1.45 bits per heavy atom. The zero-order valence-corrected chi connectivity index (χ0v) is 13.0. The first-order valence-electron chi connectivity index (χ1n) is 7.03. The number of anilines is 1. The van der Waals surface area contributed by atoms with Crippen molar-refractivity contribution in [2.45, 2.75) is 52.5 Å². The van der Waals surface area contributed by atoms with Gasteiger partial charge in [-0.1, -0.05) is 27.2 Å². The predicted octanol–water partition coefficient (Wildman–Crippen LogP) is 2.15. The third-order valence-corrected chi connectivity index (χ3v) is 3.37. The van der Waals surface area contributed by atoms with Gasteiger partial charge in [0.25, 0.3) is 5.91 Å². The van der Waals surface area contributed by atoms with Gasteiger partial charge in [-0.2, -0.15) is 0 Å². The molecule has 6 nitrogen and oxygen atoms in total. The number of hydrazine groups is 1. The molecule has 1 aromatic heterocycles. The third-order valence-electron chi connectivity index (χ3n) is 3.37. The Balaban J connectivity index is 3.09. The van der Waals surface area contributed by atoms with Gasteiger partial charge in [-0.3, -0.25) is 10.6 Å². The van der Waals surface area contributed by atoms with Gasteiger partial charge in [0.2, 0.25) is 0 Å². The van der Waals surface area contributed by atoms with Gasteiger partial charge in [-0.05, 0) is 13.3 Å². The Morgan fingerprint density at radius 2 is 2.10 bits per heavy atom. The van der Waals surface area contributed by atoms with Crippen molar-refractivity contribution in [1.29, 1.82) is 0 Å². The number of carbonyl (C=O) groups is 1. The molecular weight excluding hydrogens is 254 g/mol. The highest BCUT2D eigenvalue weighted by molar-refractivity contribution is 5.97. The first-order valence-corrected chi connectivity index (χ1v) is 7.03. The lowest BCUT2D eigenvalue weighted by molar-refractivity contribution is 0.0731. The van der Waals surface area contributed by atoms with Crippen LogP contribution in [0.25, 0.3) is 0 Å². The number of hydrogen-bond donors (Lipinski definition) is 2. The lowest BCUT2D eigenvalue weighted by Crippen LogP contribution is -2.36. The molecule has 0 saturated carbocycles. The zero-order chi connectivity index (χ0) is 15.3. The number of rotatable bonds is 6. The molecule has 0 bridgehead atoms. The van der Waals surface area contributed by atoms with Gasteiger partial charge in [0.1, 0.15) is 5.82 Å². The highest BCUT2D eigenvalue weighted by atomic mass is 16.2. The Morgan fingerprint density at radius 3 is 2.60 bits per heavy atom. The van der Waals surface area contributed by atoms with Crippen LogP contribution >= 0.6 is 0 Å². The maximum atomic E-state index is 12.6. The summed E-state index contributed by atoms with van der Waals surface area (Å²) in [5.41, 5.74) is 3.28. The topological polar surface area (TPSA) is 84.1 Å². The highest BCUT2D eigenvalue weighted by Crippen LogP contribution is 2.18. The van der Waals surface area contributed by atoms with E-state index in [-0.39, 0.29) is 17.9 Å². The van der Waals surface area contributed by atoms with Crippen LogP contribution in [0.2, 0.25) is 0 Å². The molecule has 0 aliphatic carbocycles. The molecule has 1 unspecified atom stereocenters. The minimum atomic E-state index is -0.136. The second-order valence-electron chi connectivity index (χ2n) is 5.34. The minimum absolute atomic E-state index is 0.136. The summed E-state index contributed by atoms with van der Waals surface area (Å²) in [4.78, 5) is 22.8. The Labute approximate surface area is 120 Å². The number of hydrogen-bond acceptors (Lipinski definition) is 5. The number of nitrogens with two attached hydrogens (primary N) is 1. The van der Waals surface area contributed by atoms with Crippen molar-refractivity contribution in [1.82, 2.24) is 14.9 Å². The van der Waals surface area contributed by atoms with E-state index < -0.39 is 0 Å². The van der Waals surface area contributed by atoms with E-state index >= 15 is 0 Å². The molecule has 0 saturated heterocycles. The second kappa shape index (κ2) is 7.19. The van der Waals surface area contributed by atoms with Crippen molar-refractivity contribution in [3.8, 4) is 0 Å². The van der Waals surface area contributed by atoms with Crippen LogP contribution in [0.3, 0.4) is 0 Å². The third kappa shape index (κ3) is 3.66. The molecule has 0 fully saturated rings. The van der Waals surface area contributed by atoms with E-state index in [0.29, 0.717) is 17.2 Å². The lowest BCUT2D eigenvalue weighted by Gasteiger charge is -2.25. The second-order valence-corrected chi connectivity index (χ2v) is 5.34. The fraction of sp³-hybridized carbons (Fsp3) is 0.643. The van der Waals surface area contributed by atoms with Gasteiger partial charge in [-0.25, -0.2) is 9.97 Å². The number of nitrogen functional groups attached to an aromatic ring is 1. The molecule has 0 radical (unpaired) electrons. The first-order chi connectivity index (χ1) is 9.42. The van der Waals surface area contributed by atoms with Crippen LogP contribution in [-0.4, -0.2) is 33.9 Å². The number of aromatic nitrogens is 2. The molecule has 20 heavy (non-hydrogen) atoms. The van der Waals surface area contributed by atoms with Crippen molar-refractivity contribution < 1.29 is 4.79 Å². The molecular formula is C14H25N5O. The van der Waals surface area contributed by atoms with E-state index in [0.717, 1.165) is 12.8 Å². The van der Waals surface area contributed by atoms with Gasteiger partial charge < -0.3 is 10.3 Å². The quantitative estimate of drug-likeness (QED) is 0.615. The number of amides is 1. The fourth-order valence-electron chi connectivity index (χ4n) is 1.92. The van der Waals surface area contributed by atoms with Crippen molar-refractivity contribution in [3.63, 3.8) is 0 Å². The Kier molecular flexibility index (Phi) is 5.88. The highest BCUT2D eigenvalue weighted by Gasteiger charge is 2.22. The molecule has 6 heteroatoms. The van der Waals surface area contributed by atoms with Crippen LogP contribution in [0.4, 0.5) is 5.69 Å². The molecule has 1 aromatic rings. The molecule has 3 N–H and O–H groups in total. The van der Waals surface area contributed by atoms with E-state index in [4.69, 9.17) is 5.84 Å². The fourth-order valence-corrected chi connectivity index (χ4v) is 1.92. The van der Waals surface area contributed by atoms with Crippen LogP contribution in [-0.2, 0) is 0 Å². The summed E-state index contributed by atoms with van der Waals surface area (Å²) in [6, 6.07) is 0.163. The van der Waals surface area contributed by atoms with Gasteiger partial charge >= 0.3 is 0 Å². The van der Waals surface area contributed by atoms with Gasteiger partial charge in [0, 0.05) is 19.0 Å². The summed E-state index contributed by atoms with van der Waals surface area (Å²) >= 11 is 0. The maximum Gasteiger partial charge on any atom is 0.274 e. The van der Waals surface area contributed by atoms with Crippen LogP contribution in [0.15, 0.2) is 6.20 Å². The minimum Gasteiger partial charge on any atom is -0.338 e. The molecule has 0 aliphatic rings. The Hall–Kier alpha value is -1.69. The van der Waals surface area contributed by atoms with E-state index in [1.807, 2.05) is 20.8 Å². The zero-order valence-electron chi connectivity index (χ0n) is 13.0. The van der Waals surface area contributed by atoms with Gasteiger partial charge in [-0.15, -0.1) is 0 Å². The van der Waals surface area contributed by atoms with Crippen LogP contribution in [0.5, 0.6) is 0 Å². The summed E-state index contributed by atoms with van der Waals surface area (Å²) < 4.78 is 0. The largest absolute Gasteiger partial charge is 0.338 e.